The number of amides is 1. The van der Waals surface area contributed by atoms with Crippen LogP contribution in [0.25, 0.3) is 22.2 Å². The van der Waals surface area contributed by atoms with E-state index in [2.05, 4.69) is 18.8 Å². The van der Waals surface area contributed by atoms with Gasteiger partial charge in [0.2, 0.25) is 0 Å². The Kier molecular flexibility index (Phi) is 4.00. The lowest BCUT2D eigenvalue weighted by Gasteiger charge is -2.55. The van der Waals surface area contributed by atoms with E-state index < -0.39 is 0 Å². The molecule has 0 spiro atoms. The predicted molar refractivity (Wildman–Crippen MR) is 112 cm³/mol. The molecule has 1 saturated carbocycles. The van der Waals surface area contributed by atoms with Crippen LogP contribution in [0.15, 0.2) is 54.9 Å². The average molecular weight is 387 g/mol. The van der Waals surface area contributed by atoms with E-state index in [1.54, 1.807) is 12.4 Å². The van der Waals surface area contributed by atoms with E-state index in [-0.39, 0.29) is 23.3 Å². The molecule has 3 heterocycles. The van der Waals surface area contributed by atoms with Crippen LogP contribution in [0.1, 0.15) is 30.6 Å². The molecule has 5 heteroatoms. The van der Waals surface area contributed by atoms with Crippen LogP contribution in [-0.4, -0.2) is 45.6 Å². The summed E-state index contributed by atoms with van der Waals surface area (Å²) in [4.78, 5) is 24.4. The van der Waals surface area contributed by atoms with E-state index in [4.69, 9.17) is 4.98 Å². The van der Waals surface area contributed by atoms with Crippen molar-refractivity contribution in [3.63, 3.8) is 0 Å². The van der Waals surface area contributed by atoms with E-state index in [1.165, 1.54) is 0 Å². The third-order valence-electron chi connectivity index (χ3n) is 6.92. The lowest BCUT2D eigenvalue weighted by molar-refractivity contribution is -0.0976. The van der Waals surface area contributed by atoms with Crippen LogP contribution in [0.3, 0.4) is 0 Å². The van der Waals surface area contributed by atoms with Gasteiger partial charge in [-0.15, -0.1) is 0 Å². The highest BCUT2D eigenvalue weighted by Crippen LogP contribution is 2.62. The molecule has 3 aromatic rings. The highest BCUT2D eigenvalue weighted by atomic mass is 16.3. The normalized spacial score (nSPS) is 24.9. The Morgan fingerprint density at radius 1 is 1.21 bits per heavy atom. The number of para-hydroxylation sites is 1. The van der Waals surface area contributed by atoms with Gasteiger partial charge >= 0.3 is 0 Å². The molecule has 1 amide bonds. The number of nitrogens with zero attached hydrogens (tertiary/aromatic N) is 3. The lowest BCUT2D eigenvalue weighted by atomic mass is 9.48. The van der Waals surface area contributed by atoms with Crippen LogP contribution >= 0.6 is 0 Å². The van der Waals surface area contributed by atoms with Crippen molar-refractivity contribution in [2.75, 3.05) is 19.7 Å². The summed E-state index contributed by atoms with van der Waals surface area (Å²) in [7, 11) is 0. The fraction of sp³-hybridized carbons (Fsp3) is 0.375. The van der Waals surface area contributed by atoms with Crippen LogP contribution in [0.5, 0.6) is 0 Å². The Balaban J connectivity index is 1.57. The second-order valence-corrected chi connectivity index (χ2v) is 9.23. The highest BCUT2D eigenvalue weighted by molar-refractivity contribution is 6.07. The molecule has 1 aliphatic carbocycles. The first-order valence-corrected chi connectivity index (χ1v) is 10.1. The first kappa shape index (κ1) is 18.3. The Morgan fingerprint density at radius 2 is 1.97 bits per heavy atom. The molecule has 148 valence electrons. The highest BCUT2D eigenvalue weighted by Gasteiger charge is 2.63. The number of aliphatic hydroxyl groups is 1. The molecule has 0 radical (unpaired) electrons. The van der Waals surface area contributed by atoms with Crippen molar-refractivity contribution in [1.82, 2.24) is 14.9 Å². The van der Waals surface area contributed by atoms with Gasteiger partial charge in [-0.25, -0.2) is 4.98 Å². The summed E-state index contributed by atoms with van der Waals surface area (Å²) in [5.41, 5.74) is 3.22. The molecule has 1 aliphatic heterocycles. The molecular formula is C24H25N3O2. The fourth-order valence-corrected chi connectivity index (χ4v) is 5.69. The smallest absolute Gasteiger partial charge is 0.254 e. The van der Waals surface area contributed by atoms with E-state index in [0.29, 0.717) is 24.6 Å². The van der Waals surface area contributed by atoms with Crippen molar-refractivity contribution in [2.24, 2.45) is 16.7 Å². The minimum Gasteiger partial charge on any atom is -0.396 e. The summed E-state index contributed by atoms with van der Waals surface area (Å²) >= 11 is 0. The number of carbonyl (C=O) groups is 1. The van der Waals surface area contributed by atoms with Crippen LogP contribution in [-0.2, 0) is 0 Å². The Labute approximate surface area is 170 Å². The molecule has 2 aliphatic rings. The molecule has 2 atom stereocenters. The number of rotatable bonds is 3. The predicted octanol–water partition coefficient (Wildman–Crippen LogP) is 3.78. The largest absolute Gasteiger partial charge is 0.396 e. The maximum atomic E-state index is 13.6. The summed E-state index contributed by atoms with van der Waals surface area (Å²) in [5.74, 6) is 0.369. The zero-order valence-electron chi connectivity index (χ0n) is 16.8. The Morgan fingerprint density at radius 3 is 2.66 bits per heavy atom. The van der Waals surface area contributed by atoms with Crippen LogP contribution < -0.4 is 0 Å². The zero-order valence-corrected chi connectivity index (χ0v) is 16.8. The van der Waals surface area contributed by atoms with Gasteiger partial charge in [0.05, 0.1) is 23.4 Å². The van der Waals surface area contributed by atoms with Gasteiger partial charge in [-0.1, -0.05) is 32.0 Å². The molecule has 1 aromatic carbocycles. The summed E-state index contributed by atoms with van der Waals surface area (Å²) in [6.07, 6.45) is 4.43. The topological polar surface area (TPSA) is 66.3 Å². The van der Waals surface area contributed by atoms with E-state index in [0.717, 1.165) is 28.6 Å². The molecule has 5 rings (SSSR count). The average Bonchev–Trinajstić information content (AvgIpc) is 3.08. The van der Waals surface area contributed by atoms with Gasteiger partial charge < -0.3 is 10.0 Å². The van der Waals surface area contributed by atoms with E-state index in [9.17, 15) is 9.90 Å². The number of carbonyl (C=O) groups excluding carboxylic acids is 1. The second-order valence-electron chi connectivity index (χ2n) is 9.23. The molecule has 1 N–H and O–H groups in total. The Hall–Kier alpha value is -2.79. The number of aliphatic hydroxyl groups excluding tert-OH is 1. The van der Waals surface area contributed by atoms with Gasteiger partial charge in [0.25, 0.3) is 5.91 Å². The van der Waals surface area contributed by atoms with Crippen LogP contribution in [0.4, 0.5) is 0 Å². The van der Waals surface area contributed by atoms with E-state index >= 15 is 0 Å². The fourth-order valence-electron chi connectivity index (χ4n) is 5.69. The van der Waals surface area contributed by atoms with Gasteiger partial charge in [0, 0.05) is 41.8 Å². The molecular weight excluding hydrogens is 362 g/mol. The zero-order chi connectivity index (χ0) is 20.2. The second kappa shape index (κ2) is 6.36. The molecule has 29 heavy (non-hydrogen) atoms. The van der Waals surface area contributed by atoms with Crippen molar-refractivity contribution in [3.8, 4) is 11.3 Å². The lowest BCUT2D eigenvalue weighted by Crippen LogP contribution is -2.54. The van der Waals surface area contributed by atoms with Gasteiger partial charge in [-0.3, -0.25) is 9.78 Å². The molecule has 2 fully saturated rings. The number of fused-ring (bicyclic) bond motifs is 2. The molecule has 0 unspecified atom stereocenters. The molecule has 1 saturated heterocycles. The summed E-state index contributed by atoms with van der Waals surface area (Å²) in [5, 5.41) is 10.9. The van der Waals surface area contributed by atoms with Gasteiger partial charge in [0.15, 0.2) is 0 Å². The first-order chi connectivity index (χ1) is 13.9. The third kappa shape index (κ3) is 2.76. The molecule has 0 bridgehead atoms. The van der Waals surface area contributed by atoms with Crippen molar-refractivity contribution in [3.05, 3.63) is 60.4 Å². The molecule has 5 nitrogen and oxygen atoms in total. The van der Waals surface area contributed by atoms with Crippen LogP contribution in [0, 0.1) is 16.7 Å². The number of benzene rings is 1. The quantitative estimate of drug-likeness (QED) is 0.743. The number of likely N-dealkylation sites (tertiary alicyclic amines) is 1. The summed E-state index contributed by atoms with van der Waals surface area (Å²) in [6, 6.07) is 13.5. The molecule has 2 aromatic heterocycles. The summed E-state index contributed by atoms with van der Waals surface area (Å²) in [6.45, 7) is 5.95. The standard InChI is InChI=1S/C24H25N3O2/c1-23(2)13-24(15-28)14-27(12-21(23)24)22(29)18-11-20(16-7-9-25-10-8-16)26-19-6-4-3-5-17(18)19/h3-11,21,28H,12-15H2,1-2H3/t21-,24-/m1/s1. The van der Waals surface area contributed by atoms with Crippen molar-refractivity contribution in [2.45, 2.75) is 20.3 Å². The van der Waals surface area contributed by atoms with Crippen LogP contribution in [0.2, 0.25) is 0 Å². The third-order valence-corrected chi connectivity index (χ3v) is 6.92. The van der Waals surface area contributed by atoms with E-state index in [1.807, 2.05) is 47.4 Å². The first-order valence-electron chi connectivity index (χ1n) is 10.1. The van der Waals surface area contributed by atoms with Crippen molar-refractivity contribution in [1.29, 1.82) is 0 Å². The SMILES string of the molecule is CC1(C)C[C@]2(CO)CN(C(=O)c3cc(-c4ccncc4)nc4ccccc34)C[C@H]12. The maximum absolute atomic E-state index is 13.6. The Bertz CT molecular complexity index is 1100. The number of pyridine rings is 2. The van der Waals surface area contributed by atoms with Gasteiger partial charge in [0.1, 0.15) is 0 Å². The minimum absolute atomic E-state index is 0.0249. The number of aromatic nitrogens is 2. The number of hydrogen-bond donors (Lipinski definition) is 1. The summed E-state index contributed by atoms with van der Waals surface area (Å²) < 4.78 is 0. The van der Waals surface area contributed by atoms with Gasteiger partial charge in [-0.05, 0) is 42.0 Å². The number of hydrogen-bond acceptors (Lipinski definition) is 4. The van der Waals surface area contributed by atoms with Crippen molar-refractivity contribution < 1.29 is 9.90 Å². The maximum Gasteiger partial charge on any atom is 0.254 e. The van der Waals surface area contributed by atoms with Gasteiger partial charge in [-0.2, -0.15) is 0 Å². The van der Waals surface area contributed by atoms with Crippen molar-refractivity contribution >= 4 is 16.8 Å². The monoisotopic (exact) mass is 387 g/mol. The minimum atomic E-state index is -0.143.